The Balaban J connectivity index is 2.55. The molecular formula is C14H23N3O2. The molecule has 1 aromatic rings. The largest absolute Gasteiger partial charge is 0.409 e. The van der Waals surface area contributed by atoms with E-state index in [1.165, 1.54) is 0 Å². The van der Waals surface area contributed by atoms with Crippen molar-refractivity contribution in [1.29, 1.82) is 0 Å². The fourth-order valence-electron chi connectivity index (χ4n) is 1.92. The summed E-state index contributed by atoms with van der Waals surface area (Å²) in [6.45, 7) is 2.56. The highest BCUT2D eigenvalue weighted by Crippen LogP contribution is 2.16. The summed E-state index contributed by atoms with van der Waals surface area (Å²) in [4.78, 5) is 0. The van der Waals surface area contributed by atoms with Crippen molar-refractivity contribution >= 4 is 5.84 Å². The molecule has 0 aliphatic carbocycles. The molecular weight excluding hydrogens is 242 g/mol. The van der Waals surface area contributed by atoms with E-state index in [1.807, 2.05) is 30.3 Å². The monoisotopic (exact) mass is 265 g/mol. The molecule has 0 heterocycles. The molecule has 5 nitrogen and oxygen atoms in total. The van der Waals surface area contributed by atoms with Crippen LogP contribution >= 0.6 is 0 Å². The number of amidine groups is 1. The Morgan fingerprint density at radius 3 is 2.63 bits per heavy atom. The van der Waals surface area contributed by atoms with Crippen LogP contribution in [0.25, 0.3) is 0 Å². The topological polar surface area (TPSA) is 90.9 Å². The minimum atomic E-state index is -0.277. The Hall–Kier alpha value is -1.59. The third kappa shape index (κ3) is 6.22. The molecule has 0 aliphatic heterocycles. The fraction of sp³-hybridized carbons (Fsp3) is 0.500. The van der Waals surface area contributed by atoms with Crippen LogP contribution in [0.1, 0.15) is 37.8 Å². The number of nitrogens with one attached hydrogen (secondary N) is 1. The molecule has 5 heteroatoms. The van der Waals surface area contributed by atoms with Crippen LogP contribution < -0.4 is 11.1 Å². The van der Waals surface area contributed by atoms with Gasteiger partial charge in [-0.3, -0.25) is 0 Å². The first-order chi connectivity index (χ1) is 9.13. The van der Waals surface area contributed by atoms with Gasteiger partial charge in [0.1, 0.15) is 5.84 Å². The number of nitrogens with two attached hydrogens (primary N) is 1. The second-order valence-electron chi connectivity index (χ2n) is 4.70. The molecule has 1 aromatic carbocycles. The predicted octanol–water partition coefficient (Wildman–Crippen LogP) is 1.61. The summed E-state index contributed by atoms with van der Waals surface area (Å²) in [5.74, 6) is 0.205. The Morgan fingerprint density at radius 2 is 2.05 bits per heavy atom. The number of hydrogen-bond donors (Lipinski definition) is 4. The van der Waals surface area contributed by atoms with E-state index in [4.69, 9.17) is 10.9 Å². The molecule has 1 rings (SSSR count). The molecule has 106 valence electrons. The summed E-state index contributed by atoms with van der Waals surface area (Å²) in [6.07, 6.45) is 1.82. The first-order valence-corrected chi connectivity index (χ1v) is 6.56. The van der Waals surface area contributed by atoms with Crippen LogP contribution in [0.3, 0.4) is 0 Å². The molecule has 0 aromatic heterocycles. The minimum absolute atomic E-state index is 0.0195. The maximum absolute atomic E-state index is 9.22. The van der Waals surface area contributed by atoms with Gasteiger partial charge in [0.2, 0.25) is 0 Å². The second kappa shape index (κ2) is 8.50. The van der Waals surface area contributed by atoms with Crippen molar-refractivity contribution in [2.75, 3.05) is 6.54 Å². The van der Waals surface area contributed by atoms with E-state index in [0.717, 1.165) is 24.9 Å². The van der Waals surface area contributed by atoms with Gasteiger partial charge in [-0.1, -0.05) is 35.5 Å². The highest BCUT2D eigenvalue weighted by Gasteiger charge is 2.12. The van der Waals surface area contributed by atoms with Crippen LogP contribution in [-0.2, 0) is 0 Å². The molecule has 19 heavy (non-hydrogen) atoms. The van der Waals surface area contributed by atoms with Gasteiger partial charge < -0.3 is 21.4 Å². The standard InChI is InChI=1S/C14H23N3O2/c1-11(18)6-5-9-16-13(10-14(15)17-19)12-7-3-2-4-8-12/h2-4,7-8,11,13,16,18-19H,5-6,9-10H2,1H3,(H2,15,17). The van der Waals surface area contributed by atoms with Gasteiger partial charge in [-0.05, 0) is 31.9 Å². The summed E-state index contributed by atoms with van der Waals surface area (Å²) >= 11 is 0. The van der Waals surface area contributed by atoms with Crippen LogP contribution in [0, 0.1) is 0 Å². The van der Waals surface area contributed by atoms with Crippen LogP contribution in [0.2, 0.25) is 0 Å². The number of oxime groups is 1. The normalized spacial score (nSPS) is 15.2. The molecule has 0 spiro atoms. The molecule has 0 radical (unpaired) electrons. The van der Waals surface area contributed by atoms with E-state index in [2.05, 4.69) is 10.5 Å². The van der Waals surface area contributed by atoms with Crippen LogP contribution in [0.15, 0.2) is 35.5 Å². The lowest BCUT2D eigenvalue weighted by atomic mass is 10.0. The van der Waals surface area contributed by atoms with Crippen LogP contribution in [0.5, 0.6) is 0 Å². The maximum Gasteiger partial charge on any atom is 0.141 e. The SMILES string of the molecule is CC(O)CCCNC(C/C(N)=N/O)c1ccccc1. The Bertz CT molecular complexity index is 380. The average Bonchev–Trinajstić information content (AvgIpc) is 2.42. The third-order valence-electron chi connectivity index (χ3n) is 2.93. The van der Waals surface area contributed by atoms with Gasteiger partial charge in [-0.2, -0.15) is 0 Å². The van der Waals surface area contributed by atoms with Gasteiger partial charge in [0.05, 0.1) is 6.10 Å². The molecule has 0 fully saturated rings. The van der Waals surface area contributed by atoms with Crippen LogP contribution in [-0.4, -0.2) is 28.8 Å². The molecule has 0 saturated heterocycles. The summed E-state index contributed by atoms with van der Waals surface area (Å²) in [6, 6.07) is 9.93. The minimum Gasteiger partial charge on any atom is -0.409 e. The zero-order valence-corrected chi connectivity index (χ0v) is 11.3. The zero-order valence-electron chi connectivity index (χ0n) is 11.3. The number of nitrogens with zero attached hydrogens (tertiary/aromatic N) is 1. The molecule has 0 amide bonds. The fourth-order valence-corrected chi connectivity index (χ4v) is 1.92. The van der Waals surface area contributed by atoms with E-state index in [0.29, 0.717) is 6.42 Å². The number of rotatable bonds is 8. The number of aliphatic hydroxyl groups is 1. The van der Waals surface area contributed by atoms with Gasteiger partial charge in [-0.25, -0.2) is 0 Å². The lowest BCUT2D eigenvalue weighted by Gasteiger charge is -2.19. The Morgan fingerprint density at radius 1 is 1.37 bits per heavy atom. The number of benzene rings is 1. The lowest BCUT2D eigenvalue weighted by Crippen LogP contribution is -2.28. The molecule has 0 saturated carbocycles. The van der Waals surface area contributed by atoms with Gasteiger partial charge in [0.25, 0.3) is 0 Å². The van der Waals surface area contributed by atoms with Crippen molar-refractivity contribution in [3.05, 3.63) is 35.9 Å². The van der Waals surface area contributed by atoms with E-state index in [1.54, 1.807) is 6.92 Å². The van der Waals surface area contributed by atoms with E-state index in [-0.39, 0.29) is 18.0 Å². The smallest absolute Gasteiger partial charge is 0.141 e. The van der Waals surface area contributed by atoms with Crippen molar-refractivity contribution in [2.45, 2.75) is 38.3 Å². The van der Waals surface area contributed by atoms with Crippen molar-refractivity contribution in [3.63, 3.8) is 0 Å². The highest BCUT2D eigenvalue weighted by molar-refractivity contribution is 5.80. The maximum atomic E-state index is 9.22. The molecule has 2 unspecified atom stereocenters. The summed E-state index contributed by atoms with van der Waals surface area (Å²) in [7, 11) is 0. The van der Waals surface area contributed by atoms with E-state index < -0.39 is 0 Å². The summed E-state index contributed by atoms with van der Waals surface area (Å²) in [5, 5.41) is 24.3. The van der Waals surface area contributed by atoms with Crippen molar-refractivity contribution in [2.24, 2.45) is 10.9 Å². The summed E-state index contributed by atoms with van der Waals surface area (Å²) in [5.41, 5.74) is 6.69. The quantitative estimate of drug-likeness (QED) is 0.189. The molecule has 0 bridgehead atoms. The van der Waals surface area contributed by atoms with E-state index in [9.17, 15) is 5.11 Å². The highest BCUT2D eigenvalue weighted by atomic mass is 16.4. The van der Waals surface area contributed by atoms with E-state index >= 15 is 0 Å². The number of aliphatic hydroxyl groups excluding tert-OH is 1. The predicted molar refractivity (Wildman–Crippen MR) is 76.1 cm³/mol. The average molecular weight is 265 g/mol. The summed E-state index contributed by atoms with van der Waals surface area (Å²) < 4.78 is 0. The van der Waals surface area contributed by atoms with Gasteiger partial charge in [0, 0.05) is 12.5 Å². The lowest BCUT2D eigenvalue weighted by molar-refractivity contribution is 0.181. The van der Waals surface area contributed by atoms with Crippen LogP contribution in [0.4, 0.5) is 0 Å². The van der Waals surface area contributed by atoms with Gasteiger partial charge >= 0.3 is 0 Å². The first kappa shape index (κ1) is 15.5. The zero-order chi connectivity index (χ0) is 14.1. The molecule has 2 atom stereocenters. The van der Waals surface area contributed by atoms with Crippen molar-refractivity contribution in [1.82, 2.24) is 5.32 Å². The molecule has 0 aliphatic rings. The van der Waals surface area contributed by atoms with Gasteiger partial charge in [0.15, 0.2) is 0 Å². The van der Waals surface area contributed by atoms with Gasteiger partial charge in [-0.15, -0.1) is 0 Å². The Kier molecular flexibility index (Phi) is 6.92. The van der Waals surface area contributed by atoms with Crippen molar-refractivity contribution < 1.29 is 10.3 Å². The first-order valence-electron chi connectivity index (χ1n) is 6.56. The molecule has 5 N–H and O–H groups in total. The van der Waals surface area contributed by atoms with Crippen molar-refractivity contribution in [3.8, 4) is 0 Å². The third-order valence-corrected chi connectivity index (χ3v) is 2.93. The second-order valence-corrected chi connectivity index (χ2v) is 4.70. The Labute approximate surface area is 114 Å². The number of hydrogen-bond acceptors (Lipinski definition) is 4.